The van der Waals surface area contributed by atoms with Crippen LogP contribution in [0.15, 0.2) is 11.6 Å². The van der Waals surface area contributed by atoms with Gasteiger partial charge in [-0.2, -0.15) is 0 Å². The fourth-order valence-corrected chi connectivity index (χ4v) is 12.8. The molecular formula is C45H78O13. The Morgan fingerprint density at radius 2 is 1.48 bits per heavy atom. The van der Waals surface area contributed by atoms with Crippen molar-refractivity contribution in [2.45, 2.75) is 205 Å². The van der Waals surface area contributed by atoms with Crippen molar-refractivity contribution in [1.29, 1.82) is 0 Å². The molecule has 0 amide bonds. The first-order chi connectivity index (χ1) is 27.6. The second-order valence-corrected chi connectivity index (χ2v) is 19.7. The normalized spacial score (nSPS) is 50.1. The van der Waals surface area contributed by atoms with E-state index in [1.807, 2.05) is 0 Å². The molecule has 21 atom stereocenters. The summed E-state index contributed by atoms with van der Waals surface area (Å²) in [6.07, 6.45) is 9.32. The molecule has 16 unspecified atom stereocenters. The van der Waals surface area contributed by atoms with Crippen LogP contribution in [0.4, 0.5) is 0 Å². The van der Waals surface area contributed by atoms with Gasteiger partial charge in [-0.15, -0.1) is 0 Å². The number of hydrogen-bond acceptors (Lipinski definition) is 13. The first-order valence-corrected chi connectivity index (χ1v) is 22.7. The third-order valence-electron chi connectivity index (χ3n) is 16.2. The van der Waals surface area contributed by atoms with Gasteiger partial charge in [0.1, 0.15) is 12.2 Å². The van der Waals surface area contributed by atoms with Crippen molar-refractivity contribution < 1.29 is 64.2 Å². The largest absolute Gasteiger partial charge is 0.400 e. The number of aliphatic hydroxyl groups excluding tert-OH is 7. The average molecular weight is 827 g/mol. The SMILES string of the molecule is CO.C[C@@H](CO)CCC1OC2CC3C4CC=C5CC(OC6CC(O)[C@H](OC7CC(O)[C@H](C)O7)C(CO)O6)CCC5(C)C4CCC3(C)C2[C@@H]1C.C[C@@H]1OC(O)CCC1O. The predicted molar refractivity (Wildman–Crippen MR) is 215 cm³/mol. The van der Waals surface area contributed by atoms with Crippen LogP contribution >= 0.6 is 0 Å². The molecule has 4 heterocycles. The highest BCUT2D eigenvalue weighted by molar-refractivity contribution is 5.26. The standard InChI is InChI=1S/C38H62O9.C6H12O3.CH4O/c1-20(18-39)6-9-30-21(2)35-31(45-30)15-27-25-8-7-23-14-24(10-12-37(23,4)26(25)11-13-38(27,35)5)44-34-17-29(42)36(32(19-40)46-34)47-33-16-28(41)22(3)43-33;1-4-5(7)2-3-6(8)9-4;1-2/h7,20-22,24-36,39-42H,6,8-19H2,1-5H3;4-8H,2-3H2,1H3;2H,1H3/t20-,21-,22+,24?,25?,26?,27?,28?,29?,30?,31?,32?,33?,34?,35?,36+,37?,38?;4-,5?,6?;/m10./s1. The molecule has 0 spiro atoms. The molecule has 0 radical (unpaired) electrons. The van der Waals surface area contributed by atoms with E-state index in [0.717, 1.165) is 45.6 Å². The third kappa shape index (κ3) is 9.57. The lowest BCUT2D eigenvalue weighted by Gasteiger charge is -2.58. The summed E-state index contributed by atoms with van der Waals surface area (Å²) in [6, 6.07) is 0. The van der Waals surface area contributed by atoms with E-state index < -0.39 is 49.4 Å². The van der Waals surface area contributed by atoms with Crippen molar-refractivity contribution >= 4 is 0 Å². The highest BCUT2D eigenvalue weighted by Crippen LogP contribution is 2.69. The summed E-state index contributed by atoms with van der Waals surface area (Å²) in [5, 5.41) is 65.6. The maximum atomic E-state index is 11.0. The van der Waals surface area contributed by atoms with E-state index >= 15 is 0 Å². The predicted octanol–water partition coefficient (Wildman–Crippen LogP) is 4.19. The average Bonchev–Trinajstić information content (AvgIpc) is 3.81. The molecule has 0 bridgehead atoms. The Balaban J connectivity index is 0.000000452. The Labute approximate surface area is 346 Å². The fourth-order valence-electron chi connectivity index (χ4n) is 12.8. The second-order valence-electron chi connectivity index (χ2n) is 19.7. The zero-order valence-electron chi connectivity index (χ0n) is 36.2. The van der Waals surface area contributed by atoms with Crippen LogP contribution in [0.2, 0.25) is 0 Å². The fraction of sp³-hybridized carbons (Fsp3) is 0.956. The van der Waals surface area contributed by atoms with Gasteiger partial charge in [0, 0.05) is 33.0 Å². The lowest BCUT2D eigenvalue weighted by atomic mass is 9.47. The van der Waals surface area contributed by atoms with E-state index in [1.54, 1.807) is 19.4 Å². The highest BCUT2D eigenvalue weighted by Gasteiger charge is 2.65. The summed E-state index contributed by atoms with van der Waals surface area (Å²) in [5.41, 5.74) is 2.08. The Hall–Kier alpha value is -0.780. The number of hydrogen-bond donors (Lipinski definition) is 7. The van der Waals surface area contributed by atoms with Gasteiger partial charge in [-0.25, -0.2) is 0 Å². The van der Waals surface area contributed by atoms with Crippen LogP contribution in [0, 0.1) is 46.3 Å². The first-order valence-electron chi connectivity index (χ1n) is 22.7. The Bertz CT molecular complexity index is 1330. The molecule has 13 heteroatoms. The maximum absolute atomic E-state index is 11.0. The van der Waals surface area contributed by atoms with Crippen LogP contribution in [-0.2, 0) is 28.4 Å². The van der Waals surface area contributed by atoms with E-state index in [9.17, 15) is 20.4 Å². The monoisotopic (exact) mass is 827 g/mol. The van der Waals surface area contributed by atoms with E-state index in [2.05, 4.69) is 33.8 Å². The molecule has 4 saturated heterocycles. The van der Waals surface area contributed by atoms with Gasteiger partial charge in [-0.3, -0.25) is 0 Å². The Morgan fingerprint density at radius 3 is 2.14 bits per heavy atom. The molecule has 8 rings (SSSR count). The second kappa shape index (κ2) is 19.7. The van der Waals surface area contributed by atoms with Crippen LogP contribution < -0.4 is 0 Å². The molecule has 7 N–H and O–H groups in total. The molecule has 3 saturated carbocycles. The number of aliphatic hydroxyl groups is 7. The third-order valence-corrected chi connectivity index (χ3v) is 16.2. The van der Waals surface area contributed by atoms with Gasteiger partial charge < -0.3 is 64.2 Å². The van der Waals surface area contributed by atoms with E-state index in [1.165, 1.54) is 19.3 Å². The van der Waals surface area contributed by atoms with Crippen LogP contribution in [0.25, 0.3) is 0 Å². The molecule has 4 aliphatic heterocycles. The minimum absolute atomic E-state index is 0.0217. The minimum Gasteiger partial charge on any atom is -0.400 e. The summed E-state index contributed by atoms with van der Waals surface area (Å²) in [6.45, 7) is 13.2. The van der Waals surface area contributed by atoms with Crippen LogP contribution in [-0.4, -0.2) is 136 Å². The van der Waals surface area contributed by atoms with Crippen molar-refractivity contribution in [3.05, 3.63) is 11.6 Å². The lowest BCUT2D eigenvalue weighted by molar-refractivity contribution is -0.300. The quantitative estimate of drug-likeness (QED) is 0.164. The van der Waals surface area contributed by atoms with Gasteiger partial charge in [0.25, 0.3) is 0 Å². The summed E-state index contributed by atoms with van der Waals surface area (Å²) >= 11 is 0. The molecule has 336 valence electrons. The lowest BCUT2D eigenvalue weighted by Crippen LogP contribution is -2.54. The smallest absolute Gasteiger partial charge is 0.161 e. The molecule has 0 aromatic rings. The number of fused-ring (bicyclic) bond motifs is 7. The molecule has 58 heavy (non-hydrogen) atoms. The van der Waals surface area contributed by atoms with Crippen LogP contribution in [0.3, 0.4) is 0 Å². The summed E-state index contributed by atoms with van der Waals surface area (Å²) in [5.74, 6) is 3.68. The van der Waals surface area contributed by atoms with Crippen molar-refractivity contribution in [2.75, 3.05) is 20.3 Å². The molecule has 0 aromatic carbocycles. The van der Waals surface area contributed by atoms with Gasteiger partial charge in [0.2, 0.25) is 0 Å². The minimum atomic E-state index is -0.861. The van der Waals surface area contributed by atoms with Crippen molar-refractivity contribution in [2.24, 2.45) is 46.3 Å². The molecule has 0 aromatic heterocycles. The zero-order chi connectivity index (χ0) is 42.1. The number of rotatable bonds is 9. The van der Waals surface area contributed by atoms with Gasteiger partial charge in [0.05, 0.1) is 55.4 Å². The zero-order valence-corrected chi connectivity index (χ0v) is 36.2. The van der Waals surface area contributed by atoms with Crippen molar-refractivity contribution in [3.8, 4) is 0 Å². The first kappa shape index (κ1) is 46.7. The molecule has 4 aliphatic carbocycles. The molecular weight excluding hydrogens is 748 g/mol. The van der Waals surface area contributed by atoms with Gasteiger partial charge in [-0.1, -0.05) is 39.3 Å². The van der Waals surface area contributed by atoms with E-state index in [0.29, 0.717) is 72.4 Å². The molecule has 8 aliphatic rings. The summed E-state index contributed by atoms with van der Waals surface area (Å²) in [7, 11) is 1.00. The highest BCUT2D eigenvalue weighted by atomic mass is 16.7. The Morgan fingerprint density at radius 1 is 0.776 bits per heavy atom. The number of ether oxygens (including phenoxy) is 6. The summed E-state index contributed by atoms with van der Waals surface area (Å²) < 4.78 is 36.1. The summed E-state index contributed by atoms with van der Waals surface area (Å²) in [4.78, 5) is 0. The van der Waals surface area contributed by atoms with Crippen molar-refractivity contribution in [3.63, 3.8) is 0 Å². The topological polar surface area (TPSA) is 197 Å². The van der Waals surface area contributed by atoms with Crippen LogP contribution in [0.5, 0.6) is 0 Å². The van der Waals surface area contributed by atoms with Gasteiger partial charge >= 0.3 is 0 Å². The molecule has 7 fully saturated rings. The van der Waals surface area contributed by atoms with E-state index in [-0.39, 0.29) is 43.4 Å². The molecule has 13 nitrogen and oxygen atoms in total. The Kier molecular flexibility index (Phi) is 15.9. The van der Waals surface area contributed by atoms with E-state index in [4.69, 9.17) is 43.7 Å². The van der Waals surface area contributed by atoms with Gasteiger partial charge in [0.15, 0.2) is 18.9 Å². The van der Waals surface area contributed by atoms with Gasteiger partial charge in [-0.05, 0) is 124 Å². The maximum Gasteiger partial charge on any atom is 0.161 e. The number of allylic oxidation sites excluding steroid dienone is 1. The van der Waals surface area contributed by atoms with Crippen molar-refractivity contribution in [1.82, 2.24) is 0 Å². The van der Waals surface area contributed by atoms with Crippen LogP contribution in [0.1, 0.15) is 125 Å².